The number of unbranched alkanes of at least 4 members (excludes halogenated alkanes) is 4. The molecule has 0 aromatic rings. The molecule has 0 aromatic carbocycles. The fourth-order valence-electron chi connectivity index (χ4n) is 2.66. The van der Waals surface area contributed by atoms with Crippen molar-refractivity contribution in [2.75, 3.05) is 0 Å². The van der Waals surface area contributed by atoms with Crippen LogP contribution in [-0.4, -0.2) is 28.7 Å². The van der Waals surface area contributed by atoms with Gasteiger partial charge in [0, 0.05) is 6.42 Å². The van der Waals surface area contributed by atoms with Gasteiger partial charge in [-0.2, -0.15) is 0 Å². The Morgan fingerprint density at radius 3 is 2.45 bits per heavy atom. The van der Waals surface area contributed by atoms with Crippen molar-refractivity contribution in [3.63, 3.8) is 0 Å². The number of ether oxygens (including phenoxy) is 2. The summed E-state index contributed by atoms with van der Waals surface area (Å²) in [6.07, 6.45) is 9.38. The van der Waals surface area contributed by atoms with Crippen molar-refractivity contribution in [1.82, 2.24) is 0 Å². The van der Waals surface area contributed by atoms with Crippen LogP contribution in [0, 0.1) is 11.8 Å². The van der Waals surface area contributed by atoms with E-state index in [9.17, 15) is 5.11 Å². The molecule has 3 atom stereocenters. The molecule has 1 rings (SSSR count). The highest BCUT2D eigenvalue weighted by Gasteiger charge is 2.40. The van der Waals surface area contributed by atoms with Gasteiger partial charge in [0.05, 0.1) is 12.2 Å². The molecule has 1 fully saturated rings. The van der Waals surface area contributed by atoms with Gasteiger partial charge >= 0.3 is 0 Å². The van der Waals surface area contributed by atoms with Crippen molar-refractivity contribution < 1.29 is 14.6 Å². The molecule has 1 heterocycles. The van der Waals surface area contributed by atoms with Gasteiger partial charge in [0.1, 0.15) is 5.60 Å². The molecule has 0 amide bonds. The maximum absolute atomic E-state index is 9.83. The molecule has 0 aromatic heterocycles. The molecule has 22 heavy (non-hydrogen) atoms. The highest BCUT2D eigenvalue weighted by molar-refractivity contribution is 5.19. The Morgan fingerprint density at radius 1 is 1.18 bits per heavy atom. The van der Waals surface area contributed by atoms with E-state index in [1.165, 1.54) is 38.2 Å². The highest BCUT2D eigenvalue weighted by atomic mass is 16.7. The molecule has 0 saturated carbocycles. The third-order valence-electron chi connectivity index (χ3n) is 3.92. The van der Waals surface area contributed by atoms with Crippen molar-refractivity contribution in [2.45, 2.75) is 96.2 Å². The van der Waals surface area contributed by atoms with E-state index in [4.69, 9.17) is 9.47 Å². The van der Waals surface area contributed by atoms with Gasteiger partial charge in [-0.1, -0.05) is 57.4 Å². The maximum Gasteiger partial charge on any atom is 0.163 e. The molecular formula is C19H32O3. The molecule has 0 bridgehead atoms. The first-order chi connectivity index (χ1) is 10.3. The molecule has 3 heteroatoms. The Balaban J connectivity index is 2.49. The van der Waals surface area contributed by atoms with E-state index in [2.05, 4.69) is 25.3 Å². The topological polar surface area (TPSA) is 38.7 Å². The Morgan fingerprint density at radius 2 is 1.82 bits per heavy atom. The first-order valence-corrected chi connectivity index (χ1v) is 8.51. The quantitative estimate of drug-likeness (QED) is 0.415. The van der Waals surface area contributed by atoms with Gasteiger partial charge in [-0.3, -0.25) is 0 Å². The minimum absolute atomic E-state index is 0.0192. The van der Waals surface area contributed by atoms with Crippen LogP contribution in [0.2, 0.25) is 0 Å². The summed E-state index contributed by atoms with van der Waals surface area (Å²) in [5.41, 5.74) is -1.13. The second-order valence-electron chi connectivity index (χ2n) is 6.77. The molecule has 0 aliphatic carbocycles. The highest BCUT2D eigenvalue weighted by Crippen LogP contribution is 2.32. The molecule has 1 aliphatic rings. The average molecular weight is 308 g/mol. The van der Waals surface area contributed by atoms with Crippen molar-refractivity contribution in [3.8, 4) is 11.8 Å². The molecule has 1 saturated heterocycles. The van der Waals surface area contributed by atoms with Gasteiger partial charge in [0.25, 0.3) is 0 Å². The molecule has 0 spiro atoms. The summed E-state index contributed by atoms with van der Waals surface area (Å²) in [5.74, 6) is 5.30. The zero-order valence-electron chi connectivity index (χ0n) is 14.7. The first-order valence-electron chi connectivity index (χ1n) is 8.51. The maximum atomic E-state index is 9.83. The third-order valence-corrected chi connectivity index (χ3v) is 3.92. The lowest BCUT2D eigenvalue weighted by Crippen LogP contribution is -2.22. The van der Waals surface area contributed by atoms with E-state index < -0.39 is 11.4 Å². The van der Waals surface area contributed by atoms with Crippen molar-refractivity contribution >= 4 is 0 Å². The van der Waals surface area contributed by atoms with Gasteiger partial charge in [-0.25, -0.2) is 0 Å². The lowest BCUT2D eigenvalue weighted by molar-refractivity contribution is -0.146. The summed E-state index contributed by atoms with van der Waals surface area (Å²) < 4.78 is 12.0. The normalized spacial score (nSPS) is 26.0. The molecular weight excluding hydrogens is 276 g/mol. The van der Waals surface area contributed by atoms with Crippen LogP contribution in [0.3, 0.4) is 0 Å². The van der Waals surface area contributed by atoms with Gasteiger partial charge in [-0.15, -0.1) is 0 Å². The van der Waals surface area contributed by atoms with Gasteiger partial charge < -0.3 is 14.6 Å². The molecule has 126 valence electrons. The van der Waals surface area contributed by atoms with E-state index in [1.54, 1.807) is 6.92 Å². The average Bonchev–Trinajstić information content (AvgIpc) is 2.73. The number of hydrogen-bond acceptors (Lipinski definition) is 3. The molecule has 0 radical (unpaired) electrons. The summed E-state index contributed by atoms with van der Waals surface area (Å²) in [5, 5.41) is 9.83. The summed E-state index contributed by atoms with van der Waals surface area (Å²) in [6.45, 7) is 11.3. The van der Waals surface area contributed by atoms with Gasteiger partial charge in [-0.05, 0) is 33.3 Å². The number of aliphatic hydroxyl groups is 1. The van der Waals surface area contributed by atoms with Crippen LogP contribution in [0.25, 0.3) is 0 Å². The van der Waals surface area contributed by atoms with Crippen LogP contribution in [0.1, 0.15) is 72.6 Å². The Labute approximate surface area is 136 Å². The summed E-state index contributed by atoms with van der Waals surface area (Å²) in [7, 11) is 0. The molecule has 3 nitrogen and oxygen atoms in total. The zero-order valence-corrected chi connectivity index (χ0v) is 14.7. The minimum atomic E-state index is -1.13. The Kier molecular flexibility index (Phi) is 7.62. The standard InChI is InChI=1S/C19H32O3/c1-6-8-9-10-11-13-16-17(22-18(3,4)21-16)14-12-15-19(5,20)7-2/h7,16-17,20H,2,6,8-11,13-14H2,1,3-5H3/t16-,17-,19-/m1/s1. The predicted octanol–water partition coefficient (Wildman–Crippen LogP) is 4.20. The molecule has 1 N–H and O–H groups in total. The minimum Gasteiger partial charge on any atom is -0.374 e. The van der Waals surface area contributed by atoms with Crippen molar-refractivity contribution in [1.29, 1.82) is 0 Å². The molecule has 0 unspecified atom stereocenters. The Hall–Kier alpha value is -0.820. The monoisotopic (exact) mass is 308 g/mol. The largest absolute Gasteiger partial charge is 0.374 e. The predicted molar refractivity (Wildman–Crippen MR) is 90.4 cm³/mol. The lowest BCUT2D eigenvalue weighted by Gasteiger charge is -2.16. The van der Waals surface area contributed by atoms with Crippen LogP contribution in [0.4, 0.5) is 0 Å². The van der Waals surface area contributed by atoms with Crippen molar-refractivity contribution in [3.05, 3.63) is 12.7 Å². The van der Waals surface area contributed by atoms with Crippen LogP contribution < -0.4 is 0 Å². The smallest absolute Gasteiger partial charge is 0.163 e. The summed E-state index contributed by atoms with van der Waals surface area (Å²) in [6, 6.07) is 0. The van der Waals surface area contributed by atoms with Crippen LogP contribution in [0.15, 0.2) is 12.7 Å². The second kappa shape index (κ2) is 8.72. The Bertz CT molecular complexity index is 401. The van der Waals surface area contributed by atoms with E-state index in [1.807, 2.05) is 13.8 Å². The molecule has 1 aliphatic heterocycles. The van der Waals surface area contributed by atoms with Gasteiger partial charge in [0.2, 0.25) is 0 Å². The number of rotatable bonds is 8. The van der Waals surface area contributed by atoms with Crippen LogP contribution in [0.5, 0.6) is 0 Å². The zero-order chi connectivity index (χ0) is 16.6. The first kappa shape index (κ1) is 19.2. The van der Waals surface area contributed by atoms with E-state index in [-0.39, 0.29) is 12.2 Å². The van der Waals surface area contributed by atoms with E-state index in [0.717, 1.165) is 6.42 Å². The van der Waals surface area contributed by atoms with Gasteiger partial charge in [0.15, 0.2) is 5.79 Å². The lowest BCUT2D eigenvalue weighted by atomic mass is 10.0. The number of hydrogen-bond donors (Lipinski definition) is 1. The second-order valence-corrected chi connectivity index (χ2v) is 6.77. The summed E-state index contributed by atoms with van der Waals surface area (Å²) in [4.78, 5) is 0. The van der Waals surface area contributed by atoms with E-state index in [0.29, 0.717) is 6.42 Å². The van der Waals surface area contributed by atoms with Crippen LogP contribution in [-0.2, 0) is 9.47 Å². The van der Waals surface area contributed by atoms with Crippen LogP contribution >= 0.6 is 0 Å². The summed E-state index contributed by atoms with van der Waals surface area (Å²) >= 11 is 0. The van der Waals surface area contributed by atoms with Crippen molar-refractivity contribution in [2.24, 2.45) is 0 Å². The SMILES string of the molecule is C=C[C@@](C)(O)C#CC[C@H]1OC(C)(C)O[C@@H]1CCCCCCC. The third kappa shape index (κ3) is 6.96. The fourth-order valence-corrected chi connectivity index (χ4v) is 2.66. The fraction of sp³-hybridized carbons (Fsp3) is 0.789. The van der Waals surface area contributed by atoms with E-state index >= 15 is 0 Å².